The minimum Gasteiger partial charge on any atom is -0.310 e. The van der Waals surface area contributed by atoms with Gasteiger partial charge in [0.05, 0.1) is 11.4 Å². The minimum absolute atomic E-state index is 1.13. The van der Waals surface area contributed by atoms with Crippen LogP contribution in [0.25, 0.3) is 43.1 Å². The van der Waals surface area contributed by atoms with Crippen LogP contribution in [0.1, 0.15) is 0 Å². The second-order valence-corrected chi connectivity index (χ2v) is 12.2. The lowest BCUT2D eigenvalue weighted by Crippen LogP contribution is -2.10. The van der Waals surface area contributed by atoms with E-state index in [9.17, 15) is 0 Å². The number of benzene rings is 9. The van der Waals surface area contributed by atoms with Gasteiger partial charge in [0.2, 0.25) is 0 Å². The third-order valence-corrected chi connectivity index (χ3v) is 9.36. The molecular weight excluding hydrogens is 581 g/mol. The largest absolute Gasteiger partial charge is 0.310 e. The van der Waals surface area contributed by atoms with Gasteiger partial charge >= 0.3 is 0 Å². The zero-order chi connectivity index (χ0) is 31.9. The van der Waals surface area contributed by atoms with Crippen molar-refractivity contribution in [2.24, 2.45) is 0 Å². The molecule has 2 nitrogen and oxygen atoms in total. The van der Waals surface area contributed by atoms with Gasteiger partial charge in [-0.15, -0.1) is 0 Å². The van der Waals surface area contributed by atoms with Gasteiger partial charge in [0.15, 0.2) is 0 Å². The van der Waals surface area contributed by atoms with Crippen molar-refractivity contribution in [1.29, 1.82) is 0 Å². The number of anilines is 6. The lowest BCUT2D eigenvalue weighted by Gasteiger charge is -2.28. The van der Waals surface area contributed by atoms with Crippen LogP contribution in [-0.4, -0.2) is 0 Å². The van der Waals surface area contributed by atoms with E-state index in [2.05, 4.69) is 204 Å². The first-order chi connectivity index (χ1) is 23.8. The molecule has 48 heavy (non-hydrogen) atoms. The van der Waals surface area contributed by atoms with Crippen molar-refractivity contribution in [1.82, 2.24) is 0 Å². The predicted octanol–water partition coefficient (Wildman–Crippen LogP) is 13.2. The van der Waals surface area contributed by atoms with Crippen LogP contribution < -0.4 is 9.80 Å². The summed E-state index contributed by atoms with van der Waals surface area (Å²) < 4.78 is 0. The molecule has 0 aliphatic carbocycles. The van der Waals surface area contributed by atoms with Crippen LogP contribution in [0.15, 0.2) is 194 Å². The van der Waals surface area contributed by atoms with E-state index < -0.39 is 0 Å². The molecular formula is C46H32N2. The maximum absolute atomic E-state index is 2.37. The van der Waals surface area contributed by atoms with Crippen LogP contribution in [0.3, 0.4) is 0 Å². The quantitative estimate of drug-likeness (QED) is 0.172. The number of hydrogen-bond donors (Lipinski definition) is 0. The molecule has 0 aromatic heterocycles. The van der Waals surface area contributed by atoms with E-state index in [1.807, 2.05) is 0 Å². The topological polar surface area (TPSA) is 6.48 Å². The zero-order valence-corrected chi connectivity index (χ0v) is 26.4. The summed E-state index contributed by atoms with van der Waals surface area (Å²) in [5.41, 5.74) is 6.86. The summed E-state index contributed by atoms with van der Waals surface area (Å²) in [6, 6.07) is 69.9. The fraction of sp³-hybridized carbons (Fsp3) is 0. The van der Waals surface area contributed by atoms with E-state index in [0.29, 0.717) is 0 Å². The molecule has 2 heteroatoms. The SMILES string of the molecule is c1ccc(N(c2ccc3c(ccc4cc(N(c5ccccc5)c5cccc6ccccc56)ccc43)c2)c2cccc3ccccc23)cc1. The maximum Gasteiger partial charge on any atom is 0.0540 e. The first kappa shape index (κ1) is 27.9. The van der Waals surface area contributed by atoms with Gasteiger partial charge in [-0.2, -0.15) is 0 Å². The first-order valence-electron chi connectivity index (χ1n) is 16.4. The van der Waals surface area contributed by atoms with Gasteiger partial charge < -0.3 is 9.80 Å². The molecule has 9 aromatic rings. The van der Waals surface area contributed by atoms with E-state index >= 15 is 0 Å². The molecule has 0 fully saturated rings. The molecule has 0 heterocycles. The van der Waals surface area contributed by atoms with Gasteiger partial charge in [-0.3, -0.25) is 0 Å². The minimum atomic E-state index is 1.13. The van der Waals surface area contributed by atoms with Crippen LogP contribution in [-0.2, 0) is 0 Å². The molecule has 0 bridgehead atoms. The monoisotopic (exact) mass is 612 g/mol. The maximum atomic E-state index is 2.37. The Balaban J connectivity index is 1.18. The van der Waals surface area contributed by atoms with Crippen molar-refractivity contribution < 1.29 is 0 Å². The molecule has 0 saturated heterocycles. The second-order valence-electron chi connectivity index (χ2n) is 12.2. The highest BCUT2D eigenvalue weighted by atomic mass is 15.1. The van der Waals surface area contributed by atoms with Crippen molar-refractivity contribution in [3.8, 4) is 0 Å². The van der Waals surface area contributed by atoms with E-state index in [4.69, 9.17) is 0 Å². The van der Waals surface area contributed by atoms with Gasteiger partial charge in [0, 0.05) is 33.5 Å². The predicted molar refractivity (Wildman–Crippen MR) is 206 cm³/mol. The van der Waals surface area contributed by atoms with Gasteiger partial charge in [-0.25, -0.2) is 0 Å². The lowest BCUT2D eigenvalue weighted by molar-refractivity contribution is 1.30. The van der Waals surface area contributed by atoms with E-state index in [1.54, 1.807) is 0 Å². The Morgan fingerprint density at radius 1 is 0.229 bits per heavy atom. The number of rotatable bonds is 6. The first-order valence-corrected chi connectivity index (χ1v) is 16.4. The number of para-hydroxylation sites is 2. The Bertz CT molecular complexity index is 2380. The third-order valence-electron chi connectivity index (χ3n) is 9.36. The van der Waals surface area contributed by atoms with Crippen LogP contribution in [0.5, 0.6) is 0 Å². The van der Waals surface area contributed by atoms with Crippen LogP contribution in [0.2, 0.25) is 0 Å². The molecule has 0 saturated carbocycles. The van der Waals surface area contributed by atoms with Crippen molar-refractivity contribution in [3.05, 3.63) is 194 Å². The Labute approximate surface area is 280 Å². The lowest BCUT2D eigenvalue weighted by atomic mass is 9.99. The van der Waals surface area contributed by atoms with Gasteiger partial charge in [0.25, 0.3) is 0 Å². The summed E-state index contributed by atoms with van der Waals surface area (Å²) in [7, 11) is 0. The van der Waals surface area contributed by atoms with E-state index in [1.165, 1.54) is 54.5 Å². The van der Waals surface area contributed by atoms with Gasteiger partial charge in [-0.05, 0) is 93.0 Å². The summed E-state index contributed by atoms with van der Waals surface area (Å²) in [6.45, 7) is 0. The molecule has 0 N–H and O–H groups in total. The Morgan fingerprint density at radius 2 is 0.625 bits per heavy atom. The molecule has 0 spiro atoms. The molecule has 226 valence electrons. The third kappa shape index (κ3) is 4.83. The van der Waals surface area contributed by atoms with Crippen molar-refractivity contribution in [2.75, 3.05) is 9.80 Å². The second kappa shape index (κ2) is 11.8. The average Bonchev–Trinajstić information content (AvgIpc) is 3.16. The van der Waals surface area contributed by atoms with Crippen molar-refractivity contribution >= 4 is 77.2 Å². The number of hydrogen-bond acceptors (Lipinski definition) is 2. The fourth-order valence-corrected chi connectivity index (χ4v) is 7.14. The highest BCUT2D eigenvalue weighted by Crippen LogP contribution is 2.43. The molecule has 0 aliphatic heterocycles. The van der Waals surface area contributed by atoms with E-state index in [-0.39, 0.29) is 0 Å². The van der Waals surface area contributed by atoms with E-state index in [0.717, 1.165) is 22.7 Å². The average molecular weight is 613 g/mol. The van der Waals surface area contributed by atoms with Crippen molar-refractivity contribution in [3.63, 3.8) is 0 Å². The summed E-state index contributed by atoms with van der Waals surface area (Å²) in [4.78, 5) is 4.74. The van der Waals surface area contributed by atoms with Crippen LogP contribution in [0.4, 0.5) is 34.1 Å². The zero-order valence-electron chi connectivity index (χ0n) is 26.4. The molecule has 0 aliphatic rings. The summed E-state index contributed by atoms with van der Waals surface area (Å²) in [5.74, 6) is 0. The Hall–Kier alpha value is -6.38. The summed E-state index contributed by atoms with van der Waals surface area (Å²) >= 11 is 0. The normalized spacial score (nSPS) is 11.3. The Kier molecular flexibility index (Phi) is 6.84. The van der Waals surface area contributed by atoms with Crippen LogP contribution >= 0.6 is 0 Å². The van der Waals surface area contributed by atoms with Gasteiger partial charge in [0.1, 0.15) is 0 Å². The standard InChI is InChI=1S/C46H32N2/c1-3-17-37(18-4-1)47(45-23-11-15-33-13-7-9-21-43(33)45)39-27-29-41-35(31-39)25-26-36-32-40(28-30-42(36)41)48(38-19-5-2-6-20-38)46-24-12-16-34-14-8-10-22-44(34)46/h1-32H. The number of nitrogens with zero attached hydrogens (tertiary/aromatic N) is 2. The Morgan fingerprint density at radius 3 is 1.08 bits per heavy atom. The molecule has 9 rings (SSSR count). The van der Waals surface area contributed by atoms with Gasteiger partial charge in [-0.1, -0.05) is 133 Å². The smallest absolute Gasteiger partial charge is 0.0540 e. The molecule has 9 aromatic carbocycles. The van der Waals surface area contributed by atoms with Crippen molar-refractivity contribution in [2.45, 2.75) is 0 Å². The molecule has 0 unspecified atom stereocenters. The summed E-state index contributed by atoms with van der Waals surface area (Å²) in [5, 5.41) is 9.81. The molecule has 0 amide bonds. The molecule has 0 radical (unpaired) electrons. The fourth-order valence-electron chi connectivity index (χ4n) is 7.14. The highest BCUT2D eigenvalue weighted by molar-refractivity contribution is 6.10. The highest BCUT2D eigenvalue weighted by Gasteiger charge is 2.18. The summed E-state index contributed by atoms with van der Waals surface area (Å²) in [6.07, 6.45) is 0. The number of fused-ring (bicyclic) bond motifs is 5. The van der Waals surface area contributed by atoms with Crippen LogP contribution in [0, 0.1) is 0 Å². The molecule has 0 atom stereocenters.